The smallest absolute Gasteiger partial charge is 0.349 e. The van der Waals surface area contributed by atoms with Crippen LogP contribution in [0.4, 0.5) is 5.82 Å². The van der Waals surface area contributed by atoms with Crippen molar-refractivity contribution in [1.82, 2.24) is 9.55 Å². The lowest BCUT2D eigenvalue weighted by Gasteiger charge is -2.30. The second-order valence-electron chi connectivity index (χ2n) is 4.10. The first-order valence-electron chi connectivity index (χ1n) is 5.18. The average molecular weight is 207 g/mol. The summed E-state index contributed by atoms with van der Waals surface area (Å²) in [7, 11) is 0. The van der Waals surface area contributed by atoms with Crippen molar-refractivity contribution in [2.24, 2.45) is 0 Å². The zero-order valence-electron chi connectivity index (χ0n) is 8.64. The number of anilines is 1. The Labute approximate surface area is 87.3 Å². The summed E-state index contributed by atoms with van der Waals surface area (Å²) < 4.78 is 7.15. The van der Waals surface area contributed by atoms with Gasteiger partial charge in [0.05, 0.1) is 12.6 Å². The number of hydrogen-bond donors (Lipinski definition) is 0. The van der Waals surface area contributed by atoms with Gasteiger partial charge in [0.25, 0.3) is 0 Å². The van der Waals surface area contributed by atoms with Crippen molar-refractivity contribution in [1.29, 1.82) is 0 Å². The summed E-state index contributed by atoms with van der Waals surface area (Å²) in [6, 6.07) is 2.37. The van der Waals surface area contributed by atoms with Gasteiger partial charge in [0.1, 0.15) is 12.5 Å². The first kappa shape index (κ1) is 8.91. The molecule has 2 aliphatic heterocycles. The van der Waals surface area contributed by atoms with Crippen molar-refractivity contribution < 1.29 is 4.74 Å². The third-order valence-electron chi connectivity index (χ3n) is 3.07. The van der Waals surface area contributed by atoms with Crippen LogP contribution in [0.2, 0.25) is 0 Å². The minimum Gasteiger partial charge on any atom is -0.361 e. The van der Waals surface area contributed by atoms with Gasteiger partial charge in [-0.25, -0.2) is 4.79 Å². The SMILES string of the molecule is Cc1cc2n(c(=O)n1)CC1CCOCN21. The van der Waals surface area contributed by atoms with Crippen LogP contribution in [0.5, 0.6) is 0 Å². The van der Waals surface area contributed by atoms with Gasteiger partial charge in [0, 0.05) is 18.3 Å². The predicted octanol–water partition coefficient (Wildman–Crippen LogP) is 0.118. The minimum absolute atomic E-state index is 0.139. The summed E-state index contributed by atoms with van der Waals surface area (Å²) >= 11 is 0. The first-order valence-corrected chi connectivity index (χ1v) is 5.18. The number of aromatic nitrogens is 2. The molecule has 1 aromatic heterocycles. The Bertz CT molecular complexity index is 454. The molecule has 0 aliphatic carbocycles. The summed E-state index contributed by atoms with van der Waals surface area (Å²) in [6.45, 7) is 3.98. The van der Waals surface area contributed by atoms with Gasteiger partial charge in [-0.2, -0.15) is 4.98 Å². The number of fused-ring (bicyclic) bond motifs is 3. The molecule has 5 nitrogen and oxygen atoms in total. The normalized spacial score (nSPS) is 23.8. The van der Waals surface area contributed by atoms with Gasteiger partial charge in [0.2, 0.25) is 0 Å². The van der Waals surface area contributed by atoms with Crippen LogP contribution in [0, 0.1) is 6.92 Å². The fraction of sp³-hybridized carbons (Fsp3) is 0.600. The van der Waals surface area contributed by atoms with Crippen molar-refractivity contribution in [3.05, 3.63) is 22.2 Å². The van der Waals surface area contributed by atoms with E-state index in [1.807, 2.05) is 13.0 Å². The van der Waals surface area contributed by atoms with Gasteiger partial charge in [-0.05, 0) is 13.3 Å². The first-order chi connectivity index (χ1) is 7.25. The van der Waals surface area contributed by atoms with Gasteiger partial charge >= 0.3 is 5.69 Å². The van der Waals surface area contributed by atoms with Crippen molar-refractivity contribution >= 4 is 5.82 Å². The van der Waals surface area contributed by atoms with E-state index < -0.39 is 0 Å². The van der Waals surface area contributed by atoms with Crippen LogP contribution in [0.1, 0.15) is 12.1 Å². The molecule has 0 bridgehead atoms. The molecule has 3 heterocycles. The maximum atomic E-state index is 11.7. The van der Waals surface area contributed by atoms with E-state index in [1.165, 1.54) is 0 Å². The molecule has 1 aromatic rings. The molecule has 1 unspecified atom stereocenters. The standard InChI is InChI=1S/C10H13N3O2/c1-7-4-9-12(10(14)11-7)5-8-2-3-15-6-13(8)9/h4,8H,2-3,5-6H2,1H3. The molecule has 0 N–H and O–H groups in total. The van der Waals surface area contributed by atoms with E-state index in [1.54, 1.807) is 4.57 Å². The lowest BCUT2D eigenvalue weighted by molar-refractivity contribution is 0.0904. The van der Waals surface area contributed by atoms with Gasteiger partial charge < -0.3 is 9.64 Å². The van der Waals surface area contributed by atoms with Crippen LogP contribution in [0.25, 0.3) is 0 Å². The van der Waals surface area contributed by atoms with Crippen LogP contribution >= 0.6 is 0 Å². The van der Waals surface area contributed by atoms with Gasteiger partial charge in [-0.1, -0.05) is 0 Å². The molecular weight excluding hydrogens is 194 g/mol. The van der Waals surface area contributed by atoms with Gasteiger partial charge in [-0.15, -0.1) is 0 Å². The highest BCUT2D eigenvalue weighted by molar-refractivity contribution is 5.45. The molecule has 2 aliphatic rings. The molecular formula is C10H13N3O2. The summed E-state index contributed by atoms with van der Waals surface area (Å²) in [5.74, 6) is 0.956. The quantitative estimate of drug-likeness (QED) is 0.606. The van der Waals surface area contributed by atoms with E-state index in [9.17, 15) is 4.79 Å². The Morgan fingerprint density at radius 3 is 3.33 bits per heavy atom. The van der Waals surface area contributed by atoms with Crippen molar-refractivity contribution in [2.75, 3.05) is 18.2 Å². The Morgan fingerprint density at radius 2 is 2.47 bits per heavy atom. The highest BCUT2D eigenvalue weighted by Crippen LogP contribution is 2.28. The zero-order chi connectivity index (χ0) is 10.4. The molecule has 0 aromatic carbocycles. The summed E-state index contributed by atoms with van der Waals surface area (Å²) in [4.78, 5) is 17.8. The molecule has 3 rings (SSSR count). The number of nitrogens with zero attached hydrogens (tertiary/aromatic N) is 3. The topological polar surface area (TPSA) is 47.4 Å². The Kier molecular flexibility index (Phi) is 1.82. The predicted molar refractivity (Wildman–Crippen MR) is 54.9 cm³/mol. The summed E-state index contributed by atoms with van der Waals surface area (Å²) in [5, 5.41) is 0. The number of rotatable bonds is 0. The third kappa shape index (κ3) is 1.26. The maximum Gasteiger partial charge on any atom is 0.349 e. The largest absolute Gasteiger partial charge is 0.361 e. The molecule has 1 atom stereocenters. The van der Waals surface area contributed by atoms with Crippen molar-refractivity contribution in [2.45, 2.75) is 25.9 Å². The second kappa shape index (κ2) is 3.06. The van der Waals surface area contributed by atoms with E-state index >= 15 is 0 Å². The lowest BCUT2D eigenvalue weighted by atomic mass is 10.2. The summed E-state index contributed by atoms with van der Waals surface area (Å²) in [5.41, 5.74) is 0.636. The minimum atomic E-state index is -0.139. The van der Waals surface area contributed by atoms with E-state index in [-0.39, 0.29) is 5.69 Å². The number of ether oxygens (including phenoxy) is 1. The van der Waals surface area contributed by atoms with Gasteiger partial charge in [-0.3, -0.25) is 4.57 Å². The molecule has 80 valence electrons. The molecule has 0 spiro atoms. The van der Waals surface area contributed by atoms with Crippen LogP contribution in [0.15, 0.2) is 10.9 Å². The lowest BCUT2D eigenvalue weighted by Crippen LogP contribution is -2.39. The van der Waals surface area contributed by atoms with Crippen LogP contribution < -0.4 is 10.6 Å². The molecule has 1 fully saturated rings. The molecule has 5 heteroatoms. The third-order valence-corrected chi connectivity index (χ3v) is 3.07. The zero-order valence-corrected chi connectivity index (χ0v) is 8.64. The van der Waals surface area contributed by atoms with Crippen LogP contribution in [-0.4, -0.2) is 28.9 Å². The number of hydrogen-bond acceptors (Lipinski definition) is 4. The molecule has 0 radical (unpaired) electrons. The van der Waals surface area contributed by atoms with E-state index in [0.29, 0.717) is 12.8 Å². The fourth-order valence-electron chi connectivity index (χ4n) is 2.31. The maximum absolute atomic E-state index is 11.7. The molecule has 1 saturated heterocycles. The van der Waals surface area contributed by atoms with Crippen LogP contribution in [-0.2, 0) is 11.3 Å². The highest BCUT2D eigenvalue weighted by Gasteiger charge is 2.32. The fourth-order valence-corrected chi connectivity index (χ4v) is 2.31. The van der Waals surface area contributed by atoms with Crippen molar-refractivity contribution in [3.63, 3.8) is 0 Å². The van der Waals surface area contributed by atoms with Crippen molar-refractivity contribution in [3.8, 4) is 0 Å². The molecule has 0 saturated carbocycles. The monoisotopic (exact) mass is 207 g/mol. The van der Waals surface area contributed by atoms with E-state index in [0.717, 1.165) is 31.1 Å². The highest BCUT2D eigenvalue weighted by atomic mass is 16.5. The summed E-state index contributed by atoms with van der Waals surface area (Å²) in [6.07, 6.45) is 0.986. The Morgan fingerprint density at radius 1 is 1.60 bits per heavy atom. The van der Waals surface area contributed by atoms with E-state index in [4.69, 9.17) is 4.74 Å². The van der Waals surface area contributed by atoms with Gasteiger partial charge in [0.15, 0.2) is 0 Å². The Hall–Kier alpha value is -1.36. The second-order valence-corrected chi connectivity index (χ2v) is 4.10. The molecule has 15 heavy (non-hydrogen) atoms. The molecule has 0 amide bonds. The van der Waals surface area contributed by atoms with E-state index in [2.05, 4.69) is 9.88 Å². The number of aryl methyl sites for hydroxylation is 1. The Balaban J connectivity index is 2.12. The average Bonchev–Trinajstić information content (AvgIpc) is 2.57. The van der Waals surface area contributed by atoms with Crippen LogP contribution in [0.3, 0.4) is 0 Å².